The van der Waals surface area contributed by atoms with Gasteiger partial charge in [0, 0.05) is 54.4 Å². The first-order valence-electron chi connectivity index (χ1n) is 23.6. The van der Waals surface area contributed by atoms with Gasteiger partial charge in [-0.05, 0) is 135 Å². The smallest absolute Gasteiger partial charge is 0.313 e. The van der Waals surface area contributed by atoms with Gasteiger partial charge in [-0.1, -0.05) is 52.2 Å². The van der Waals surface area contributed by atoms with E-state index in [-0.39, 0.29) is 91.6 Å². The number of nitrogens with zero attached hydrogens (tertiary/aromatic N) is 1. The summed E-state index contributed by atoms with van der Waals surface area (Å²) in [5.74, 6) is 5.09. The molecular weight excluding hydrogens is 785 g/mol. The van der Waals surface area contributed by atoms with Crippen molar-refractivity contribution >= 4 is 17.7 Å². The maximum Gasteiger partial charge on any atom is 0.313 e. The highest BCUT2D eigenvalue weighted by molar-refractivity contribution is 5.95. The summed E-state index contributed by atoms with van der Waals surface area (Å²) >= 11 is 0. The van der Waals surface area contributed by atoms with Gasteiger partial charge in [0.2, 0.25) is 0 Å². The minimum absolute atomic E-state index is 0.00748. The average molecular weight is 857 g/mol. The number of nitrogens with one attached hydrogen (secondary N) is 1. The maximum atomic E-state index is 14.2. The first-order valence-corrected chi connectivity index (χ1v) is 23.6. The van der Waals surface area contributed by atoms with Gasteiger partial charge in [-0.2, -0.15) is 0 Å². The number of guanidine groups is 1. The van der Waals surface area contributed by atoms with E-state index in [1.165, 1.54) is 0 Å². The molecule has 0 aromatic carbocycles. The number of aliphatic hydroxyl groups is 5. The highest BCUT2D eigenvalue weighted by atomic mass is 16.5. The molecule has 2 heterocycles. The van der Waals surface area contributed by atoms with E-state index in [2.05, 4.69) is 54.7 Å². The summed E-state index contributed by atoms with van der Waals surface area (Å²) in [6, 6.07) is 1.95. The lowest BCUT2D eigenvalue weighted by molar-refractivity contribution is -0.189. The number of carbonyl (C=O) groups is 2. The molecule has 0 amide bonds. The number of aliphatic imine (C=N–C) groups is 1. The molecule has 18 unspecified atom stereocenters. The zero-order chi connectivity index (χ0) is 44.5. The van der Waals surface area contributed by atoms with Gasteiger partial charge in [-0.15, -0.1) is 5.92 Å². The van der Waals surface area contributed by atoms with Crippen molar-refractivity contribution in [3.8, 4) is 11.8 Å². The largest absolute Gasteiger partial charge is 0.465 e. The molecule has 7 aliphatic rings. The van der Waals surface area contributed by atoms with Crippen LogP contribution in [0.2, 0.25) is 0 Å². The van der Waals surface area contributed by atoms with Crippen molar-refractivity contribution in [2.45, 2.75) is 141 Å². The molecule has 1 aliphatic heterocycles. The Labute approximate surface area is 367 Å². The Kier molecular flexibility index (Phi) is 12.2. The zero-order valence-corrected chi connectivity index (χ0v) is 37.4. The van der Waals surface area contributed by atoms with Crippen LogP contribution in [-0.4, -0.2) is 90.9 Å². The molecule has 6 aliphatic carbocycles. The van der Waals surface area contributed by atoms with Gasteiger partial charge in [-0.25, -0.2) is 0 Å². The van der Waals surface area contributed by atoms with Crippen LogP contribution < -0.4 is 11.5 Å². The number of carbonyl (C=O) groups excluding carboxylic acids is 2. The van der Waals surface area contributed by atoms with E-state index in [1.807, 2.05) is 25.4 Å². The number of aromatic nitrogens is 1. The lowest BCUT2D eigenvalue weighted by Crippen LogP contribution is -2.64. The van der Waals surface area contributed by atoms with E-state index >= 15 is 0 Å². The van der Waals surface area contributed by atoms with Crippen LogP contribution in [0, 0.1) is 87.8 Å². The van der Waals surface area contributed by atoms with Crippen LogP contribution in [0.25, 0.3) is 0 Å². The van der Waals surface area contributed by atoms with Crippen molar-refractivity contribution in [3.05, 3.63) is 47.8 Å². The monoisotopic (exact) mass is 857 g/mol. The number of H-pyrrole nitrogens is 1. The third-order valence-corrected chi connectivity index (χ3v) is 17.9. The summed E-state index contributed by atoms with van der Waals surface area (Å²) in [7, 11) is 0. The van der Waals surface area contributed by atoms with Crippen molar-refractivity contribution in [2.75, 3.05) is 13.2 Å². The Morgan fingerprint density at radius 1 is 1.06 bits per heavy atom. The molecule has 4 fully saturated rings. The molecule has 12 nitrogen and oxygen atoms in total. The van der Waals surface area contributed by atoms with Crippen LogP contribution in [0.5, 0.6) is 0 Å². The van der Waals surface area contributed by atoms with Crippen molar-refractivity contribution in [3.63, 3.8) is 0 Å². The fourth-order valence-electron chi connectivity index (χ4n) is 15.0. The Hall–Kier alpha value is -3.47. The van der Waals surface area contributed by atoms with Crippen LogP contribution in [0.15, 0.2) is 47.3 Å². The number of nitrogens with two attached hydrogens (primary N) is 2. The summed E-state index contributed by atoms with van der Waals surface area (Å²) in [4.78, 5) is 35.4. The molecular formula is C50H72N4O8. The lowest BCUT2D eigenvalue weighted by Gasteiger charge is -2.61. The topological polar surface area (TPSA) is 225 Å². The number of esters is 1. The van der Waals surface area contributed by atoms with Gasteiger partial charge < -0.3 is 46.7 Å². The Morgan fingerprint density at radius 2 is 1.84 bits per heavy atom. The van der Waals surface area contributed by atoms with Crippen molar-refractivity contribution in [2.24, 2.45) is 92.4 Å². The Bertz CT molecular complexity index is 2000. The normalized spacial score (nSPS) is 46.3. The summed E-state index contributed by atoms with van der Waals surface area (Å²) in [5, 5.41) is 61.3. The third kappa shape index (κ3) is 7.40. The molecule has 18 atom stereocenters. The number of rotatable bonds is 8. The zero-order valence-electron chi connectivity index (χ0n) is 37.4. The fraction of sp³-hybridized carbons (Fsp3) is 0.740. The van der Waals surface area contributed by atoms with Gasteiger partial charge in [-0.3, -0.25) is 14.6 Å². The molecule has 12 heteroatoms. The minimum atomic E-state index is -1.69. The van der Waals surface area contributed by atoms with Gasteiger partial charge in [0.05, 0.1) is 42.0 Å². The number of hydrogen-bond donors (Lipinski definition) is 8. The first kappa shape index (κ1) is 45.1. The molecule has 62 heavy (non-hydrogen) atoms. The minimum Gasteiger partial charge on any atom is -0.465 e. The van der Waals surface area contributed by atoms with Crippen LogP contribution >= 0.6 is 0 Å². The summed E-state index contributed by atoms with van der Waals surface area (Å²) in [5.41, 5.74) is 8.23. The number of aromatic amines is 1. The predicted molar refractivity (Wildman–Crippen MR) is 236 cm³/mol. The molecule has 10 N–H and O–H groups in total. The lowest BCUT2D eigenvalue weighted by atomic mass is 9.44. The summed E-state index contributed by atoms with van der Waals surface area (Å²) in [6.45, 7) is 10.9. The molecule has 0 spiro atoms. The number of allylic oxidation sites excluding steroid dienone is 3. The number of ether oxygens (including phenoxy) is 1. The van der Waals surface area contributed by atoms with E-state index in [0.717, 1.165) is 24.8 Å². The maximum absolute atomic E-state index is 14.2. The van der Waals surface area contributed by atoms with Crippen molar-refractivity contribution < 1.29 is 39.9 Å². The van der Waals surface area contributed by atoms with Gasteiger partial charge in [0.15, 0.2) is 11.7 Å². The second-order valence-corrected chi connectivity index (χ2v) is 21.7. The van der Waals surface area contributed by atoms with Crippen LogP contribution in [0.1, 0.15) is 117 Å². The fourth-order valence-corrected chi connectivity index (χ4v) is 15.0. The average Bonchev–Trinajstić information content (AvgIpc) is 3.93. The van der Waals surface area contributed by atoms with Crippen molar-refractivity contribution in [1.29, 1.82) is 0 Å². The SMILES string of the molecule is CC(C)CCC1C2C=CCC1C(C)CC(O)C(C)(O)C1C(CC#CC2C2COC(=O)C2c2cc[nH]c2)CC2(O)C3=CC(=O)C4CC(O)C(O)CC4(C)C3CCC12CCN=C(N)N. The van der Waals surface area contributed by atoms with Crippen LogP contribution in [0.3, 0.4) is 0 Å². The van der Waals surface area contributed by atoms with E-state index in [4.69, 9.17) is 16.2 Å². The number of cyclic esters (lactones) is 1. The second-order valence-electron chi connectivity index (χ2n) is 21.7. The number of aliphatic hydroxyl groups excluding tert-OH is 3. The molecule has 1 saturated heterocycles. The number of hydrogen-bond acceptors (Lipinski definition) is 9. The van der Waals surface area contributed by atoms with E-state index in [0.29, 0.717) is 43.6 Å². The van der Waals surface area contributed by atoms with E-state index < -0.39 is 64.0 Å². The molecule has 3 saturated carbocycles. The molecule has 340 valence electrons. The first-order chi connectivity index (χ1) is 29.3. The quantitative estimate of drug-likeness (QED) is 0.0589. The highest BCUT2D eigenvalue weighted by Gasteiger charge is 2.73. The molecule has 0 radical (unpaired) electrons. The van der Waals surface area contributed by atoms with Crippen LogP contribution in [0.4, 0.5) is 0 Å². The molecule has 8 rings (SSSR count). The molecule has 1 aromatic rings. The summed E-state index contributed by atoms with van der Waals surface area (Å²) < 4.78 is 5.88. The van der Waals surface area contributed by atoms with Gasteiger partial charge in [0.25, 0.3) is 0 Å². The van der Waals surface area contributed by atoms with E-state index in [1.54, 1.807) is 13.0 Å². The third-order valence-electron chi connectivity index (χ3n) is 17.9. The highest BCUT2D eigenvalue weighted by Crippen LogP contribution is 2.72. The van der Waals surface area contributed by atoms with Crippen molar-refractivity contribution in [1.82, 2.24) is 4.98 Å². The standard InChI is InChI=1S/C50H72N4O8/c1-27(2)12-13-34-31-9-7-11-32(34)33(35-26-62-45(59)43(35)30-15-18-53-25-30)10-6-8-29-23-50(61)37-21-39(55)38-22-40(56)41(57)24-47(38,4)36(37)14-16-49(50,17-19-54-46(51)52)44(29)48(5,60)42(58)20-28(31)3/h7,11,15,18,21,25,27-29,31-36,38,40-44,53,56-58,60-61H,8-9,12-14,16-17,19-20,22-24,26H2,1-5H3,(H4,51,52,54). The number of fused-ring (bicyclic) bond motifs is 9. The predicted octanol–water partition coefficient (Wildman–Crippen LogP) is 4.75. The number of ketones is 1. The molecule has 2 bridgehead atoms. The Morgan fingerprint density at radius 3 is 2.55 bits per heavy atom. The second kappa shape index (κ2) is 16.8. The van der Waals surface area contributed by atoms with Gasteiger partial charge in [0.1, 0.15) is 0 Å². The molecule has 1 aromatic heterocycles. The van der Waals surface area contributed by atoms with Gasteiger partial charge >= 0.3 is 5.97 Å². The van der Waals surface area contributed by atoms with E-state index in [9.17, 15) is 35.1 Å². The van der Waals surface area contributed by atoms with Crippen LogP contribution in [-0.2, 0) is 14.3 Å². The Balaban J connectivity index is 1.27. The summed E-state index contributed by atoms with van der Waals surface area (Å²) in [6.07, 6.45) is 12.2.